The summed E-state index contributed by atoms with van der Waals surface area (Å²) in [5.74, 6) is 0. The molecular formula is C13H8IN3OS. The summed E-state index contributed by atoms with van der Waals surface area (Å²) >= 11 is 7.47. The van der Waals surface area contributed by atoms with Crippen LogP contribution in [0.5, 0.6) is 0 Å². The van der Waals surface area contributed by atoms with Crippen LogP contribution in [0.25, 0.3) is 16.7 Å². The maximum Gasteiger partial charge on any atom is 0.285 e. The summed E-state index contributed by atoms with van der Waals surface area (Å²) in [6.45, 7) is 0. The van der Waals surface area contributed by atoms with Crippen molar-refractivity contribution < 1.29 is 0 Å². The van der Waals surface area contributed by atoms with Crippen molar-refractivity contribution in [3.63, 3.8) is 0 Å². The Morgan fingerprint density at radius 3 is 2.68 bits per heavy atom. The topological polar surface area (TPSA) is 50.7 Å². The lowest BCUT2D eigenvalue weighted by Crippen LogP contribution is -2.21. The van der Waals surface area contributed by atoms with Crippen LogP contribution in [-0.4, -0.2) is 14.5 Å². The maximum absolute atomic E-state index is 12.4. The number of nitrogens with zero attached hydrogens (tertiary/aromatic N) is 2. The molecule has 2 heterocycles. The number of fused-ring (bicyclic) bond motifs is 1. The monoisotopic (exact) mass is 381 g/mol. The van der Waals surface area contributed by atoms with Gasteiger partial charge in [-0.1, -0.05) is 0 Å². The average molecular weight is 381 g/mol. The van der Waals surface area contributed by atoms with Crippen molar-refractivity contribution >= 4 is 45.8 Å². The van der Waals surface area contributed by atoms with Crippen molar-refractivity contribution in [3.05, 3.63) is 61.3 Å². The van der Waals surface area contributed by atoms with Crippen molar-refractivity contribution in [3.8, 4) is 5.69 Å². The molecule has 0 aliphatic rings. The van der Waals surface area contributed by atoms with E-state index in [-0.39, 0.29) is 5.56 Å². The molecule has 6 heteroatoms. The Labute approximate surface area is 127 Å². The summed E-state index contributed by atoms with van der Waals surface area (Å²) in [4.78, 5) is 19.6. The first kappa shape index (κ1) is 12.5. The van der Waals surface area contributed by atoms with Crippen LogP contribution in [0.4, 0.5) is 0 Å². The number of hydrogen-bond acceptors (Lipinski definition) is 3. The number of benzene rings is 1. The van der Waals surface area contributed by atoms with Crippen LogP contribution in [0, 0.1) is 8.34 Å². The fourth-order valence-electron chi connectivity index (χ4n) is 1.87. The van der Waals surface area contributed by atoms with Crippen LogP contribution in [-0.2, 0) is 0 Å². The van der Waals surface area contributed by atoms with E-state index in [1.807, 2.05) is 24.3 Å². The molecule has 3 rings (SSSR count). The van der Waals surface area contributed by atoms with E-state index in [2.05, 4.69) is 32.6 Å². The Kier molecular flexibility index (Phi) is 3.19. The highest BCUT2D eigenvalue weighted by molar-refractivity contribution is 14.1. The zero-order chi connectivity index (χ0) is 13.4. The molecule has 0 aliphatic heterocycles. The minimum atomic E-state index is -0.208. The van der Waals surface area contributed by atoms with Crippen LogP contribution >= 0.6 is 34.8 Å². The second kappa shape index (κ2) is 4.86. The zero-order valence-electron chi connectivity index (χ0n) is 9.63. The van der Waals surface area contributed by atoms with Crippen LogP contribution in [0.2, 0.25) is 0 Å². The van der Waals surface area contributed by atoms with E-state index in [0.717, 1.165) is 9.26 Å². The Morgan fingerprint density at radius 2 is 1.95 bits per heavy atom. The molecule has 0 fully saturated rings. The van der Waals surface area contributed by atoms with Crippen LogP contribution in [0.15, 0.2) is 47.4 Å². The largest absolute Gasteiger partial charge is 0.330 e. The van der Waals surface area contributed by atoms with Crippen molar-refractivity contribution in [2.45, 2.75) is 0 Å². The molecule has 0 aliphatic carbocycles. The first-order valence-corrected chi connectivity index (χ1v) is 7.01. The standard InChI is InChI=1S/C13H8IN3OS/c14-8-3-5-9(6-4-8)17-12(18)11-10(16-13(17)19)2-1-7-15-11/h1-7H,(H,16,19). The zero-order valence-corrected chi connectivity index (χ0v) is 12.6. The molecule has 4 nitrogen and oxygen atoms in total. The fraction of sp³-hybridized carbons (Fsp3) is 0. The van der Waals surface area contributed by atoms with Gasteiger partial charge in [-0.2, -0.15) is 0 Å². The van der Waals surface area contributed by atoms with E-state index >= 15 is 0 Å². The third-order valence-corrected chi connectivity index (χ3v) is 3.75. The Balaban J connectivity index is 2.39. The van der Waals surface area contributed by atoms with Gasteiger partial charge in [-0.15, -0.1) is 0 Å². The molecule has 2 aromatic heterocycles. The third-order valence-electron chi connectivity index (χ3n) is 2.74. The SMILES string of the molecule is O=c1c2ncccc2[nH]c(=S)n1-c1ccc(I)cc1. The minimum Gasteiger partial charge on any atom is -0.330 e. The number of halogens is 1. The molecule has 1 aromatic carbocycles. The number of pyridine rings is 1. The predicted molar refractivity (Wildman–Crippen MR) is 85.2 cm³/mol. The summed E-state index contributed by atoms with van der Waals surface area (Å²) in [5.41, 5.74) is 1.56. The molecule has 0 bridgehead atoms. The van der Waals surface area contributed by atoms with Crippen LogP contribution < -0.4 is 5.56 Å². The normalized spacial score (nSPS) is 10.8. The van der Waals surface area contributed by atoms with E-state index in [0.29, 0.717) is 15.8 Å². The number of hydrogen-bond donors (Lipinski definition) is 1. The summed E-state index contributed by atoms with van der Waals surface area (Å²) in [7, 11) is 0. The quantitative estimate of drug-likeness (QED) is 0.521. The molecule has 0 saturated carbocycles. The second-order valence-corrected chi connectivity index (χ2v) is 5.58. The van der Waals surface area contributed by atoms with Gasteiger partial charge in [0.15, 0.2) is 10.3 Å². The number of H-pyrrole nitrogens is 1. The molecule has 0 amide bonds. The highest BCUT2D eigenvalue weighted by atomic mass is 127. The van der Waals surface area contributed by atoms with Crippen molar-refractivity contribution in [2.24, 2.45) is 0 Å². The first-order valence-electron chi connectivity index (χ1n) is 5.53. The fourth-order valence-corrected chi connectivity index (χ4v) is 2.53. The number of aromatic amines is 1. The first-order chi connectivity index (χ1) is 9.16. The second-order valence-electron chi connectivity index (χ2n) is 3.95. The molecule has 0 unspecified atom stereocenters. The van der Waals surface area contributed by atoms with Gasteiger partial charge in [0, 0.05) is 9.77 Å². The smallest absolute Gasteiger partial charge is 0.285 e. The van der Waals surface area contributed by atoms with Crippen LogP contribution in [0.1, 0.15) is 0 Å². The van der Waals surface area contributed by atoms with Gasteiger partial charge in [-0.05, 0) is 71.2 Å². The van der Waals surface area contributed by atoms with Gasteiger partial charge in [-0.25, -0.2) is 4.98 Å². The lowest BCUT2D eigenvalue weighted by Gasteiger charge is -2.07. The Morgan fingerprint density at radius 1 is 1.21 bits per heavy atom. The lowest BCUT2D eigenvalue weighted by atomic mass is 10.3. The number of nitrogens with one attached hydrogen (secondary N) is 1. The molecule has 94 valence electrons. The van der Waals surface area contributed by atoms with Gasteiger partial charge in [0.1, 0.15) is 0 Å². The van der Waals surface area contributed by atoms with Crippen molar-refractivity contribution in [2.75, 3.05) is 0 Å². The number of rotatable bonds is 1. The van der Waals surface area contributed by atoms with E-state index < -0.39 is 0 Å². The van der Waals surface area contributed by atoms with E-state index in [1.165, 1.54) is 4.57 Å². The Bertz CT molecular complexity index is 867. The van der Waals surface area contributed by atoms with E-state index in [1.54, 1.807) is 18.3 Å². The maximum atomic E-state index is 12.4. The van der Waals surface area contributed by atoms with Gasteiger partial charge < -0.3 is 4.98 Å². The summed E-state index contributed by atoms with van der Waals surface area (Å²) in [6, 6.07) is 11.1. The average Bonchev–Trinajstić information content (AvgIpc) is 2.41. The molecule has 0 atom stereocenters. The van der Waals surface area contributed by atoms with Gasteiger partial charge in [0.2, 0.25) is 0 Å². The molecule has 0 saturated heterocycles. The van der Waals surface area contributed by atoms with Gasteiger partial charge in [0.25, 0.3) is 5.56 Å². The van der Waals surface area contributed by atoms with Crippen molar-refractivity contribution in [1.29, 1.82) is 0 Å². The minimum absolute atomic E-state index is 0.208. The molecular weight excluding hydrogens is 373 g/mol. The molecule has 1 N–H and O–H groups in total. The molecule has 0 spiro atoms. The number of aromatic nitrogens is 3. The lowest BCUT2D eigenvalue weighted by molar-refractivity contribution is 0.933. The molecule has 19 heavy (non-hydrogen) atoms. The van der Waals surface area contributed by atoms with E-state index in [4.69, 9.17) is 12.2 Å². The highest BCUT2D eigenvalue weighted by Crippen LogP contribution is 2.11. The predicted octanol–water partition coefficient (Wildman–Crippen LogP) is 3.05. The van der Waals surface area contributed by atoms with E-state index in [9.17, 15) is 4.79 Å². The highest BCUT2D eigenvalue weighted by Gasteiger charge is 2.07. The van der Waals surface area contributed by atoms with Crippen molar-refractivity contribution in [1.82, 2.24) is 14.5 Å². The van der Waals surface area contributed by atoms with Crippen LogP contribution in [0.3, 0.4) is 0 Å². The molecule has 0 radical (unpaired) electrons. The summed E-state index contributed by atoms with van der Waals surface area (Å²) in [5, 5.41) is 0. The summed E-state index contributed by atoms with van der Waals surface area (Å²) < 4.78 is 2.93. The summed E-state index contributed by atoms with van der Waals surface area (Å²) in [6.07, 6.45) is 1.60. The molecule has 3 aromatic rings. The van der Waals surface area contributed by atoms with Gasteiger partial charge >= 0.3 is 0 Å². The van der Waals surface area contributed by atoms with Gasteiger partial charge in [0.05, 0.1) is 11.2 Å². The Hall–Kier alpha value is -1.54. The van der Waals surface area contributed by atoms with Gasteiger partial charge in [-0.3, -0.25) is 9.36 Å². The third kappa shape index (κ3) is 2.21.